The molecule has 0 spiro atoms. The van der Waals surface area contributed by atoms with Crippen molar-refractivity contribution in [2.75, 3.05) is 18.9 Å². The largest absolute Gasteiger partial charge is 0.491 e. The quantitative estimate of drug-likeness (QED) is 0.852. The normalized spacial score (nSPS) is 19.2. The number of aromatic nitrogens is 2. The molecule has 0 amide bonds. The summed E-state index contributed by atoms with van der Waals surface area (Å²) in [6.07, 6.45) is 3.85. The number of anilines is 1. The van der Waals surface area contributed by atoms with Crippen LogP contribution in [0.3, 0.4) is 0 Å². The van der Waals surface area contributed by atoms with Crippen molar-refractivity contribution in [2.24, 2.45) is 0 Å². The van der Waals surface area contributed by atoms with Crippen LogP contribution in [0, 0.1) is 0 Å². The van der Waals surface area contributed by atoms with Gasteiger partial charge in [0.1, 0.15) is 24.5 Å². The minimum Gasteiger partial charge on any atom is -0.491 e. The molecule has 1 aliphatic heterocycles. The Morgan fingerprint density at radius 2 is 2.33 bits per heavy atom. The Morgan fingerprint density at radius 3 is 3.17 bits per heavy atom. The van der Waals surface area contributed by atoms with E-state index < -0.39 is 0 Å². The predicted molar refractivity (Wildman–Crippen MR) is 70.5 cm³/mol. The molecule has 1 fully saturated rings. The fourth-order valence-electron chi connectivity index (χ4n) is 2.31. The summed E-state index contributed by atoms with van der Waals surface area (Å²) in [4.78, 5) is 8.21. The van der Waals surface area contributed by atoms with Crippen LogP contribution in [0.4, 0.5) is 5.82 Å². The number of nitrogens with two attached hydrogens (primary N) is 1. The van der Waals surface area contributed by atoms with E-state index >= 15 is 0 Å². The summed E-state index contributed by atoms with van der Waals surface area (Å²) in [7, 11) is 0. The lowest BCUT2D eigenvalue weighted by atomic mass is 10.2. The molecule has 1 atom stereocenters. The summed E-state index contributed by atoms with van der Waals surface area (Å²) in [5, 5.41) is 4.21. The Morgan fingerprint density at radius 1 is 1.39 bits per heavy atom. The SMILES string of the molecule is Nc1ncnc2cccc(OC[C@@H]3CCCN3)c12. The first-order chi connectivity index (χ1) is 8.84. The molecule has 2 aromatic rings. The molecule has 0 bridgehead atoms. The highest BCUT2D eigenvalue weighted by Crippen LogP contribution is 2.28. The van der Waals surface area contributed by atoms with Crippen LogP contribution in [0.2, 0.25) is 0 Å². The van der Waals surface area contributed by atoms with Gasteiger partial charge in [-0.3, -0.25) is 0 Å². The van der Waals surface area contributed by atoms with E-state index in [0.717, 1.165) is 29.6 Å². The number of hydrogen-bond acceptors (Lipinski definition) is 5. The maximum atomic E-state index is 5.89. The van der Waals surface area contributed by atoms with Crippen molar-refractivity contribution in [1.82, 2.24) is 15.3 Å². The smallest absolute Gasteiger partial charge is 0.138 e. The third-order valence-electron chi connectivity index (χ3n) is 3.26. The van der Waals surface area contributed by atoms with Gasteiger partial charge in [0.2, 0.25) is 0 Å². The molecule has 1 saturated heterocycles. The fourth-order valence-corrected chi connectivity index (χ4v) is 2.31. The maximum Gasteiger partial charge on any atom is 0.138 e. The number of nitrogen functional groups attached to an aromatic ring is 1. The molecule has 3 rings (SSSR count). The topological polar surface area (TPSA) is 73.1 Å². The molecule has 0 aliphatic carbocycles. The number of ether oxygens (including phenoxy) is 1. The molecule has 94 valence electrons. The molecular formula is C13H16N4O. The summed E-state index contributed by atoms with van der Waals surface area (Å²) in [5.41, 5.74) is 6.71. The lowest BCUT2D eigenvalue weighted by Gasteiger charge is -2.14. The lowest BCUT2D eigenvalue weighted by Crippen LogP contribution is -2.28. The molecule has 0 unspecified atom stereocenters. The number of nitrogens with one attached hydrogen (secondary N) is 1. The van der Waals surface area contributed by atoms with Crippen molar-refractivity contribution in [3.63, 3.8) is 0 Å². The third-order valence-corrected chi connectivity index (χ3v) is 3.26. The third kappa shape index (κ3) is 2.09. The molecule has 1 aliphatic rings. The van der Waals surface area contributed by atoms with Crippen LogP contribution < -0.4 is 15.8 Å². The van der Waals surface area contributed by atoms with Crippen molar-refractivity contribution < 1.29 is 4.74 Å². The second-order valence-corrected chi connectivity index (χ2v) is 4.51. The Balaban J connectivity index is 1.86. The van der Waals surface area contributed by atoms with Gasteiger partial charge >= 0.3 is 0 Å². The van der Waals surface area contributed by atoms with Crippen molar-refractivity contribution in [3.8, 4) is 5.75 Å². The standard InChI is InChI=1S/C13H16N4O/c14-13-12-10(16-8-17-13)4-1-5-11(12)18-7-9-3-2-6-15-9/h1,4-5,8-9,15H,2-3,6-7H2,(H2,14,16,17)/t9-/m0/s1. The van der Waals surface area contributed by atoms with Gasteiger partial charge in [0.25, 0.3) is 0 Å². The van der Waals surface area contributed by atoms with Crippen LogP contribution >= 0.6 is 0 Å². The Hall–Kier alpha value is -1.88. The monoisotopic (exact) mass is 244 g/mol. The molecule has 0 radical (unpaired) electrons. The Labute approximate surface area is 105 Å². The molecule has 1 aromatic carbocycles. The zero-order valence-corrected chi connectivity index (χ0v) is 10.1. The van der Waals surface area contributed by atoms with Crippen LogP contribution in [0.5, 0.6) is 5.75 Å². The second kappa shape index (κ2) is 4.78. The minimum atomic E-state index is 0.436. The van der Waals surface area contributed by atoms with E-state index in [2.05, 4.69) is 15.3 Å². The van der Waals surface area contributed by atoms with Crippen LogP contribution in [-0.4, -0.2) is 29.2 Å². The second-order valence-electron chi connectivity index (χ2n) is 4.51. The average Bonchev–Trinajstić information content (AvgIpc) is 2.89. The van der Waals surface area contributed by atoms with E-state index in [4.69, 9.17) is 10.5 Å². The van der Waals surface area contributed by atoms with Gasteiger partial charge in [0, 0.05) is 6.04 Å². The van der Waals surface area contributed by atoms with E-state index in [-0.39, 0.29) is 0 Å². The van der Waals surface area contributed by atoms with Crippen molar-refractivity contribution in [3.05, 3.63) is 24.5 Å². The number of hydrogen-bond donors (Lipinski definition) is 2. The molecule has 18 heavy (non-hydrogen) atoms. The summed E-state index contributed by atoms with van der Waals surface area (Å²) < 4.78 is 5.86. The first-order valence-corrected chi connectivity index (χ1v) is 6.20. The Bertz CT molecular complexity index is 546. The van der Waals surface area contributed by atoms with Crippen molar-refractivity contribution >= 4 is 16.7 Å². The highest BCUT2D eigenvalue weighted by Gasteiger charge is 2.15. The van der Waals surface area contributed by atoms with Gasteiger partial charge < -0.3 is 15.8 Å². The van der Waals surface area contributed by atoms with E-state index in [1.807, 2.05) is 18.2 Å². The number of benzene rings is 1. The van der Waals surface area contributed by atoms with Crippen LogP contribution in [-0.2, 0) is 0 Å². The van der Waals surface area contributed by atoms with E-state index in [0.29, 0.717) is 18.5 Å². The highest BCUT2D eigenvalue weighted by atomic mass is 16.5. The van der Waals surface area contributed by atoms with Crippen molar-refractivity contribution in [1.29, 1.82) is 0 Å². The molecule has 0 saturated carbocycles. The Kier molecular flexibility index (Phi) is 2.98. The van der Waals surface area contributed by atoms with Crippen LogP contribution in [0.1, 0.15) is 12.8 Å². The molecule has 5 nitrogen and oxygen atoms in total. The lowest BCUT2D eigenvalue weighted by molar-refractivity contribution is 0.280. The summed E-state index contributed by atoms with van der Waals surface area (Å²) in [6.45, 7) is 1.74. The minimum absolute atomic E-state index is 0.436. The van der Waals surface area contributed by atoms with Gasteiger partial charge in [-0.05, 0) is 31.5 Å². The van der Waals surface area contributed by atoms with Crippen LogP contribution in [0.25, 0.3) is 10.9 Å². The number of fused-ring (bicyclic) bond motifs is 1. The molecule has 5 heteroatoms. The van der Waals surface area contributed by atoms with Gasteiger partial charge in [-0.25, -0.2) is 9.97 Å². The van der Waals surface area contributed by atoms with E-state index in [9.17, 15) is 0 Å². The zero-order chi connectivity index (χ0) is 12.4. The number of rotatable bonds is 3. The van der Waals surface area contributed by atoms with Gasteiger partial charge in [-0.1, -0.05) is 6.07 Å². The van der Waals surface area contributed by atoms with E-state index in [1.54, 1.807) is 0 Å². The van der Waals surface area contributed by atoms with Gasteiger partial charge in [0.15, 0.2) is 0 Å². The highest BCUT2D eigenvalue weighted by molar-refractivity contribution is 5.93. The maximum absolute atomic E-state index is 5.89. The van der Waals surface area contributed by atoms with Crippen LogP contribution in [0.15, 0.2) is 24.5 Å². The molecule has 3 N–H and O–H groups in total. The summed E-state index contributed by atoms with van der Waals surface area (Å²) in [6, 6.07) is 6.18. The molecule has 2 heterocycles. The van der Waals surface area contributed by atoms with E-state index in [1.165, 1.54) is 12.7 Å². The first-order valence-electron chi connectivity index (χ1n) is 6.20. The number of nitrogens with zero attached hydrogens (tertiary/aromatic N) is 2. The zero-order valence-electron chi connectivity index (χ0n) is 10.1. The van der Waals surface area contributed by atoms with Gasteiger partial charge in [0.05, 0.1) is 10.9 Å². The molecule has 1 aromatic heterocycles. The van der Waals surface area contributed by atoms with Gasteiger partial charge in [-0.2, -0.15) is 0 Å². The predicted octanol–water partition coefficient (Wildman–Crippen LogP) is 1.34. The first kappa shape index (κ1) is 11.2. The van der Waals surface area contributed by atoms with Crippen molar-refractivity contribution in [2.45, 2.75) is 18.9 Å². The summed E-state index contributed by atoms with van der Waals surface area (Å²) in [5.74, 6) is 1.23. The van der Waals surface area contributed by atoms with Gasteiger partial charge in [-0.15, -0.1) is 0 Å². The average molecular weight is 244 g/mol. The fraction of sp³-hybridized carbons (Fsp3) is 0.385. The summed E-state index contributed by atoms with van der Waals surface area (Å²) >= 11 is 0. The molecular weight excluding hydrogens is 228 g/mol.